The summed E-state index contributed by atoms with van der Waals surface area (Å²) in [5.41, 5.74) is 2.83. The molecule has 0 amide bonds. The Bertz CT molecular complexity index is 2290. The number of fused-ring (bicyclic) bond motifs is 6. The van der Waals surface area contributed by atoms with Gasteiger partial charge < -0.3 is 24.6 Å². The van der Waals surface area contributed by atoms with Crippen molar-refractivity contribution in [1.29, 1.82) is 0 Å². The van der Waals surface area contributed by atoms with Gasteiger partial charge in [-0.05, 0) is 187 Å². The van der Waals surface area contributed by atoms with Crippen LogP contribution in [0.25, 0.3) is 21.5 Å². The fourth-order valence-electron chi connectivity index (χ4n) is 12.4. The number of carboxylic acids is 1. The summed E-state index contributed by atoms with van der Waals surface area (Å²) < 4.78 is 17.3. The summed E-state index contributed by atoms with van der Waals surface area (Å²) in [6.45, 7) is 18.8. The summed E-state index contributed by atoms with van der Waals surface area (Å²) in [4.78, 5) is 35.8. The SMILES string of the molecule is CC(C)(C)C1CCC(Oc2ccc3cc(C=O)ccc3c2)CC1.CC(C)(C)C1CCC(Oc2ccc3cc(CN4CC5CC(C4)C5C(=O)O)ccc3c2)CC1.COC(=O)C1C2CNCC1C2. The normalized spacial score (nSPS) is 29.4. The van der Waals surface area contributed by atoms with Gasteiger partial charge in [0.05, 0.1) is 31.2 Å². The summed E-state index contributed by atoms with van der Waals surface area (Å²) in [5.74, 6) is 4.82. The molecule has 4 aromatic carbocycles. The van der Waals surface area contributed by atoms with E-state index in [2.05, 4.69) is 94.2 Å². The number of aliphatic carboxylic acids is 1. The molecule has 4 bridgehead atoms. The Kier molecular flexibility index (Phi) is 14.8. The van der Waals surface area contributed by atoms with Gasteiger partial charge in [0.2, 0.25) is 0 Å². The number of carbonyl (C=O) groups is 3. The number of nitrogens with one attached hydrogen (secondary N) is 1. The van der Waals surface area contributed by atoms with Gasteiger partial charge in [0.1, 0.15) is 17.8 Å². The van der Waals surface area contributed by atoms with Gasteiger partial charge >= 0.3 is 11.9 Å². The zero-order valence-corrected chi connectivity index (χ0v) is 40.7. The monoisotopic (exact) mass is 901 g/mol. The van der Waals surface area contributed by atoms with Crippen molar-refractivity contribution < 1.29 is 33.7 Å². The maximum Gasteiger partial charge on any atom is 0.309 e. The summed E-state index contributed by atoms with van der Waals surface area (Å²) in [6.07, 6.45) is 13.5. The first-order valence-corrected chi connectivity index (χ1v) is 25.1. The number of nitrogens with zero attached hydrogens (tertiary/aromatic N) is 1. The highest BCUT2D eigenvalue weighted by atomic mass is 16.5. The van der Waals surface area contributed by atoms with Gasteiger partial charge in [-0.3, -0.25) is 19.3 Å². The predicted molar refractivity (Wildman–Crippen MR) is 263 cm³/mol. The van der Waals surface area contributed by atoms with Crippen LogP contribution >= 0.6 is 0 Å². The summed E-state index contributed by atoms with van der Waals surface area (Å²) in [7, 11) is 1.48. The van der Waals surface area contributed by atoms with Crippen LogP contribution in [0.1, 0.15) is 122 Å². The number of esters is 1. The second kappa shape index (κ2) is 20.4. The van der Waals surface area contributed by atoms with Crippen LogP contribution in [-0.2, 0) is 20.9 Å². The van der Waals surface area contributed by atoms with E-state index in [9.17, 15) is 19.5 Å². The van der Waals surface area contributed by atoms with E-state index in [1.807, 2.05) is 30.3 Å². The number of methoxy groups -OCH3 is 1. The molecule has 4 aliphatic heterocycles. The minimum Gasteiger partial charge on any atom is -0.490 e. The third-order valence-electron chi connectivity index (χ3n) is 16.5. The molecule has 0 radical (unpaired) electrons. The highest BCUT2D eigenvalue weighted by Gasteiger charge is 2.50. The van der Waals surface area contributed by atoms with E-state index >= 15 is 0 Å². The fourth-order valence-corrected chi connectivity index (χ4v) is 12.4. The van der Waals surface area contributed by atoms with Gasteiger partial charge in [-0.25, -0.2) is 0 Å². The first-order valence-electron chi connectivity index (χ1n) is 25.1. The molecule has 4 heterocycles. The number of carbonyl (C=O) groups excluding carboxylic acids is 2. The molecule has 4 unspecified atom stereocenters. The number of aldehydes is 1. The van der Waals surface area contributed by atoms with Gasteiger partial charge in [-0.15, -0.1) is 0 Å². The predicted octanol–water partition coefficient (Wildman–Crippen LogP) is 11.6. The standard InChI is InChI=1S/C28H37NO3.C21H26O2.C8H13NO2/c1-28(2,3)23-7-10-24(11-8-23)32-25-9-6-19-12-18(4-5-20(19)14-25)15-29-16-21-13-22(17-29)26(21)27(30)31;1-21(2,3)18-7-10-19(11-8-18)23-20-9-6-16-12-15(14-22)4-5-17(16)13-20;1-11-8(10)7-5-2-6(7)4-9-3-5/h4-6,9,12,14,21-24,26H,7-8,10-11,13,15-17H2,1-3H3,(H,30,31);4-6,9,12-14,18-19H,7-8,10-11H2,1-3H3;5-7,9H,2-4H2,1H3. The molecule has 8 aliphatic rings. The van der Waals surface area contributed by atoms with E-state index in [0.717, 1.165) is 105 Å². The van der Waals surface area contributed by atoms with Gasteiger partial charge in [0.25, 0.3) is 0 Å². The van der Waals surface area contributed by atoms with E-state index in [-0.39, 0.29) is 17.8 Å². The molecule has 2 N–H and O–H groups in total. The molecular weight excluding hydrogens is 825 g/mol. The molecule has 0 aromatic heterocycles. The van der Waals surface area contributed by atoms with Crippen molar-refractivity contribution in [2.24, 2.45) is 58.2 Å². The minimum atomic E-state index is -0.600. The average molecular weight is 901 g/mol. The number of benzene rings is 4. The Morgan fingerprint density at radius 1 is 0.636 bits per heavy atom. The first kappa shape index (κ1) is 48.0. The lowest BCUT2D eigenvalue weighted by Gasteiger charge is -2.51. The maximum atomic E-state index is 11.4. The number of hydrogen-bond donors (Lipinski definition) is 2. The van der Waals surface area contributed by atoms with Gasteiger partial charge in [-0.1, -0.05) is 77.9 Å². The Hall–Kier alpha value is -4.47. The highest BCUT2D eigenvalue weighted by Crippen LogP contribution is 2.46. The zero-order valence-electron chi connectivity index (χ0n) is 40.7. The lowest BCUT2D eigenvalue weighted by Crippen LogP contribution is -2.57. The van der Waals surface area contributed by atoms with E-state index in [1.165, 1.54) is 55.5 Å². The largest absolute Gasteiger partial charge is 0.490 e. The Balaban J connectivity index is 0.000000151. The van der Waals surface area contributed by atoms with Crippen molar-refractivity contribution in [3.63, 3.8) is 0 Å². The Morgan fingerprint density at radius 2 is 1.11 bits per heavy atom. The smallest absolute Gasteiger partial charge is 0.309 e. The molecule has 9 heteroatoms. The number of carboxylic acid groups (broad SMARTS) is 1. The lowest BCUT2D eigenvalue weighted by molar-refractivity contribution is -0.160. The zero-order chi connectivity index (χ0) is 46.8. The third-order valence-corrected chi connectivity index (χ3v) is 16.5. The van der Waals surface area contributed by atoms with Crippen LogP contribution < -0.4 is 14.8 Å². The first-order chi connectivity index (χ1) is 31.5. The quantitative estimate of drug-likeness (QED) is 0.125. The van der Waals surface area contributed by atoms with Crippen molar-refractivity contribution in [1.82, 2.24) is 10.2 Å². The fraction of sp³-hybridized carbons (Fsp3) is 0.596. The molecule has 4 atom stereocenters. The van der Waals surface area contributed by atoms with Gasteiger partial charge in [-0.2, -0.15) is 0 Å². The Labute approximate surface area is 393 Å². The molecule has 8 fully saturated rings. The molecular formula is C57H76N2O7. The summed E-state index contributed by atoms with van der Waals surface area (Å²) >= 11 is 0. The summed E-state index contributed by atoms with van der Waals surface area (Å²) in [5, 5.41) is 17.3. The molecule has 12 rings (SSSR count). The molecule has 66 heavy (non-hydrogen) atoms. The van der Waals surface area contributed by atoms with Crippen LogP contribution in [0.5, 0.6) is 11.5 Å². The topological polar surface area (TPSA) is 114 Å². The molecule has 4 saturated heterocycles. The highest BCUT2D eigenvalue weighted by molar-refractivity contribution is 5.89. The van der Waals surface area contributed by atoms with Gasteiger partial charge in [0.15, 0.2) is 0 Å². The van der Waals surface area contributed by atoms with Crippen molar-refractivity contribution >= 4 is 39.8 Å². The molecule has 4 saturated carbocycles. The van der Waals surface area contributed by atoms with Crippen LogP contribution in [-0.4, -0.2) is 73.7 Å². The number of rotatable bonds is 9. The van der Waals surface area contributed by atoms with Gasteiger partial charge in [0, 0.05) is 25.2 Å². The third kappa shape index (κ3) is 11.4. The number of hydrogen-bond acceptors (Lipinski definition) is 8. The van der Waals surface area contributed by atoms with Crippen molar-refractivity contribution in [3.8, 4) is 11.5 Å². The van der Waals surface area contributed by atoms with E-state index in [0.29, 0.717) is 52.3 Å². The molecule has 4 aromatic rings. The average Bonchev–Trinajstić information content (AvgIpc) is 3.29. The van der Waals surface area contributed by atoms with Crippen LogP contribution in [0, 0.1) is 58.2 Å². The van der Waals surface area contributed by atoms with Crippen molar-refractivity contribution in [3.05, 3.63) is 83.9 Å². The Morgan fingerprint density at radius 3 is 1.58 bits per heavy atom. The van der Waals surface area contributed by atoms with Crippen molar-refractivity contribution in [2.75, 3.05) is 33.3 Å². The van der Waals surface area contributed by atoms with Crippen LogP contribution in [0.2, 0.25) is 0 Å². The van der Waals surface area contributed by atoms with E-state index in [1.54, 1.807) is 0 Å². The molecule has 4 aliphatic carbocycles. The second-order valence-electron chi connectivity index (χ2n) is 22.9. The molecule has 0 spiro atoms. The lowest BCUT2D eigenvalue weighted by atomic mass is 9.61. The number of piperidine rings is 4. The number of ether oxygens (including phenoxy) is 3. The molecule has 9 nitrogen and oxygen atoms in total. The van der Waals surface area contributed by atoms with Crippen LogP contribution in [0.15, 0.2) is 72.8 Å². The second-order valence-corrected chi connectivity index (χ2v) is 22.9. The van der Waals surface area contributed by atoms with Crippen LogP contribution in [0.4, 0.5) is 0 Å². The maximum absolute atomic E-state index is 11.4. The van der Waals surface area contributed by atoms with Crippen LogP contribution in [0.3, 0.4) is 0 Å². The molecule has 356 valence electrons. The summed E-state index contributed by atoms with van der Waals surface area (Å²) in [6, 6.07) is 25.1. The van der Waals surface area contributed by atoms with E-state index in [4.69, 9.17) is 14.2 Å². The van der Waals surface area contributed by atoms with E-state index < -0.39 is 5.97 Å². The van der Waals surface area contributed by atoms with Crippen molar-refractivity contribution in [2.45, 2.75) is 125 Å². The minimum absolute atomic E-state index is 0.00671.